The van der Waals surface area contributed by atoms with Gasteiger partial charge in [0.1, 0.15) is 10.8 Å². The molecule has 0 saturated carbocycles. The second kappa shape index (κ2) is 5.51. The van der Waals surface area contributed by atoms with Gasteiger partial charge >= 0.3 is 0 Å². The van der Waals surface area contributed by atoms with Gasteiger partial charge in [0.05, 0.1) is 16.9 Å². The summed E-state index contributed by atoms with van der Waals surface area (Å²) in [5.74, 6) is 2.34. The molecule has 1 N–H and O–H groups in total. The highest BCUT2D eigenvalue weighted by molar-refractivity contribution is 8.20. The van der Waals surface area contributed by atoms with E-state index in [0.29, 0.717) is 6.73 Å². The van der Waals surface area contributed by atoms with Crippen LogP contribution in [0.3, 0.4) is 0 Å². The average Bonchev–Trinajstić information content (AvgIpc) is 3.14. The zero-order valence-corrected chi connectivity index (χ0v) is 14.0. The minimum absolute atomic E-state index is 0.0705. The monoisotopic (exact) mass is 334 g/mol. The molecule has 0 radical (unpaired) electrons. The van der Waals surface area contributed by atoms with Crippen molar-refractivity contribution >= 4 is 40.1 Å². The summed E-state index contributed by atoms with van der Waals surface area (Å²) >= 11 is 4.05. The van der Waals surface area contributed by atoms with Crippen molar-refractivity contribution in [3.05, 3.63) is 35.5 Å². The quantitative estimate of drug-likeness (QED) is 0.669. The van der Waals surface area contributed by atoms with Gasteiger partial charge in [-0.3, -0.25) is 0 Å². The Morgan fingerprint density at radius 3 is 2.82 bits per heavy atom. The summed E-state index contributed by atoms with van der Waals surface area (Å²) in [6.45, 7) is 0.525. The number of ether oxygens (including phenoxy) is 1. The van der Waals surface area contributed by atoms with Crippen LogP contribution in [0.2, 0.25) is 0 Å². The van der Waals surface area contributed by atoms with Crippen molar-refractivity contribution in [2.45, 2.75) is 23.7 Å². The molecule has 2 heterocycles. The van der Waals surface area contributed by atoms with Crippen LogP contribution in [0.5, 0.6) is 0 Å². The first-order valence-corrected chi connectivity index (χ1v) is 9.38. The Bertz CT molecular complexity index is 748. The number of hydrogen-bond donors (Lipinski definition) is 1. The van der Waals surface area contributed by atoms with E-state index in [0.717, 1.165) is 35.0 Å². The molecule has 0 unspecified atom stereocenters. The first-order valence-electron chi connectivity index (χ1n) is 7.40. The van der Waals surface area contributed by atoms with Crippen LogP contribution < -0.4 is 0 Å². The minimum Gasteiger partial charge on any atom is -0.411 e. The largest absolute Gasteiger partial charge is 0.411 e. The number of para-hydroxylation sites is 1. The standard InChI is InChI=1S/C16H18N2O2S2/c1-20-10-18-13-5-3-2-4-11(13)14-12(17-19)6-7-16(15(14)18)21-8-9-22-16/h2-5,19H,6-10H2,1H3/b17-12+. The maximum Gasteiger partial charge on any atom is 0.122 e. The molecule has 2 aromatic rings. The first-order chi connectivity index (χ1) is 10.8. The van der Waals surface area contributed by atoms with Crippen LogP contribution in [0.25, 0.3) is 10.9 Å². The van der Waals surface area contributed by atoms with Gasteiger partial charge in [-0.1, -0.05) is 23.4 Å². The zero-order valence-electron chi connectivity index (χ0n) is 12.4. The van der Waals surface area contributed by atoms with Crippen LogP contribution in [0.4, 0.5) is 0 Å². The normalized spacial score (nSPS) is 21.8. The van der Waals surface area contributed by atoms with Crippen molar-refractivity contribution in [2.24, 2.45) is 5.16 Å². The maximum atomic E-state index is 9.50. The van der Waals surface area contributed by atoms with Gasteiger partial charge in [0.25, 0.3) is 0 Å². The molecular formula is C16H18N2O2S2. The van der Waals surface area contributed by atoms with E-state index in [-0.39, 0.29) is 4.08 Å². The molecule has 4 rings (SSSR count). The van der Waals surface area contributed by atoms with E-state index >= 15 is 0 Å². The Morgan fingerprint density at radius 1 is 1.32 bits per heavy atom. The van der Waals surface area contributed by atoms with Crippen LogP contribution >= 0.6 is 23.5 Å². The van der Waals surface area contributed by atoms with Crippen LogP contribution in [0.1, 0.15) is 24.1 Å². The number of aromatic nitrogens is 1. The Labute approximate surface area is 137 Å². The Balaban J connectivity index is 2.08. The number of methoxy groups -OCH3 is 1. The van der Waals surface area contributed by atoms with Gasteiger partial charge in [0.15, 0.2) is 0 Å². The van der Waals surface area contributed by atoms with Gasteiger partial charge in [-0.25, -0.2) is 0 Å². The van der Waals surface area contributed by atoms with Crippen LogP contribution in [0.15, 0.2) is 29.4 Å². The number of oxime groups is 1. The highest BCUT2D eigenvalue weighted by atomic mass is 32.2. The molecule has 1 aromatic carbocycles. The second-order valence-electron chi connectivity index (χ2n) is 5.58. The fraction of sp³-hybridized carbons (Fsp3) is 0.438. The Hall–Kier alpha value is -1.11. The van der Waals surface area contributed by atoms with Crippen molar-refractivity contribution in [2.75, 3.05) is 18.6 Å². The molecule has 0 amide bonds. The lowest BCUT2D eigenvalue weighted by molar-refractivity contribution is 0.132. The van der Waals surface area contributed by atoms with E-state index in [4.69, 9.17) is 4.74 Å². The summed E-state index contributed by atoms with van der Waals surface area (Å²) in [5.41, 5.74) is 4.34. The molecule has 6 heteroatoms. The fourth-order valence-corrected chi connectivity index (χ4v) is 6.97. The van der Waals surface area contributed by atoms with Crippen LogP contribution in [-0.4, -0.2) is 34.1 Å². The maximum absolute atomic E-state index is 9.50. The lowest BCUT2D eigenvalue weighted by Crippen LogP contribution is -2.28. The summed E-state index contributed by atoms with van der Waals surface area (Å²) in [6.07, 6.45) is 1.83. The molecular weight excluding hydrogens is 316 g/mol. The third-order valence-electron chi connectivity index (χ3n) is 4.44. The second-order valence-corrected chi connectivity index (χ2v) is 8.63. The number of rotatable bonds is 2. The van der Waals surface area contributed by atoms with Gasteiger partial charge in [-0.15, -0.1) is 23.5 Å². The smallest absolute Gasteiger partial charge is 0.122 e. The average molecular weight is 334 g/mol. The van der Waals surface area contributed by atoms with Gasteiger partial charge in [0.2, 0.25) is 0 Å². The molecule has 4 nitrogen and oxygen atoms in total. The third kappa shape index (κ3) is 1.94. The minimum atomic E-state index is 0.0705. The predicted octanol–water partition coefficient (Wildman–Crippen LogP) is 3.85. The lowest BCUT2D eigenvalue weighted by atomic mass is 9.92. The van der Waals surface area contributed by atoms with Crippen molar-refractivity contribution < 1.29 is 9.94 Å². The van der Waals surface area contributed by atoms with E-state index < -0.39 is 0 Å². The molecule has 2 aliphatic rings. The van der Waals surface area contributed by atoms with E-state index in [2.05, 4.69) is 27.9 Å². The van der Waals surface area contributed by atoms with E-state index in [1.165, 1.54) is 17.2 Å². The Morgan fingerprint density at radius 2 is 2.09 bits per heavy atom. The topological polar surface area (TPSA) is 46.8 Å². The number of thioether (sulfide) groups is 2. The first kappa shape index (κ1) is 14.5. The Kier molecular flexibility index (Phi) is 3.63. The number of hydrogen-bond acceptors (Lipinski definition) is 5. The molecule has 0 atom stereocenters. The molecule has 1 fully saturated rings. The SMILES string of the molecule is COCn1c2c(c3ccccc31)/C(=N/O)CCC21SCCS1. The summed E-state index contributed by atoms with van der Waals surface area (Å²) in [7, 11) is 1.73. The number of fused-ring (bicyclic) bond motifs is 4. The van der Waals surface area contributed by atoms with Crippen LogP contribution in [0, 0.1) is 0 Å². The van der Waals surface area contributed by atoms with Crippen molar-refractivity contribution in [1.82, 2.24) is 4.57 Å². The highest BCUT2D eigenvalue weighted by Crippen LogP contribution is 2.59. The van der Waals surface area contributed by atoms with Crippen LogP contribution in [-0.2, 0) is 15.5 Å². The number of nitrogens with zero attached hydrogens (tertiary/aromatic N) is 2. The van der Waals surface area contributed by atoms with Gasteiger partial charge in [0, 0.05) is 29.6 Å². The summed E-state index contributed by atoms with van der Waals surface area (Å²) < 4.78 is 7.81. The summed E-state index contributed by atoms with van der Waals surface area (Å²) in [4.78, 5) is 0. The molecule has 0 bridgehead atoms. The number of benzene rings is 1. The highest BCUT2D eigenvalue weighted by Gasteiger charge is 2.46. The van der Waals surface area contributed by atoms with Gasteiger partial charge in [-0.2, -0.15) is 0 Å². The molecule has 1 aliphatic heterocycles. The van der Waals surface area contributed by atoms with Crippen molar-refractivity contribution in [3.63, 3.8) is 0 Å². The zero-order chi connectivity index (χ0) is 15.2. The fourth-order valence-electron chi connectivity index (χ4n) is 3.62. The lowest BCUT2D eigenvalue weighted by Gasteiger charge is -2.34. The molecule has 1 spiro atoms. The molecule has 1 saturated heterocycles. The van der Waals surface area contributed by atoms with Gasteiger partial charge in [-0.05, 0) is 18.9 Å². The van der Waals surface area contributed by atoms with Crippen molar-refractivity contribution in [3.8, 4) is 0 Å². The summed E-state index contributed by atoms with van der Waals surface area (Å²) in [6, 6.07) is 8.34. The van der Waals surface area contributed by atoms with E-state index in [1.54, 1.807) is 7.11 Å². The van der Waals surface area contributed by atoms with E-state index in [9.17, 15) is 5.21 Å². The molecule has 22 heavy (non-hydrogen) atoms. The molecule has 1 aliphatic carbocycles. The molecule has 1 aromatic heterocycles. The predicted molar refractivity (Wildman–Crippen MR) is 93.1 cm³/mol. The van der Waals surface area contributed by atoms with E-state index in [1.807, 2.05) is 29.6 Å². The van der Waals surface area contributed by atoms with Crippen molar-refractivity contribution in [1.29, 1.82) is 0 Å². The third-order valence-corrected chi connectivity index (χ3v) is 7.95. The summed E-state index contributed by atoms with van der Waals surface area (Å²) in [5, 5.41) is 14.3. The van der Waals surface area contributed by atoms with Gasteiger partial charge < -0.3 is 14.5 Å². The molecule has 116 valence electrons.